The number of furan rings is 1. The maximum Gasteiger partial charge on any atom is 0.268 e. The molecule has 0 saturated heterocycles. The largest absolute Gasteiger partial charge is 0.465 e. The van der Waals surface area contributed by atoms with Crippen LogP contribution in [0, 0.1) is 0 Å². The van der Waals surface area contributed by atoms with Crippen LogP contribution in [0.2, 0.25) is 5.02 Å². The summed E-state index contributed by atoms with van der Waals surface area (Å²) in [4.78, 5) is 25.1. The summed E-state index contributed by atoms with van der Waals surface area (Å²) in [7, 11) is 0. The minimum atomic E-state index is -0.449. The minimum Gasteiger partial charge on any atom is -0.465 e. The number of nitrogens with one attached hydrogen (secondary N) is 2. The molecule has 1 heterocycles. The molecule has 0 spiro atoms. The van der Waals surface area contributed by atoms with Crippen LogP contribution in [0.15, 0.2) is 83.1 Å². The molecule has 5 nitrogen and oxygen atoms in total. The summed E-state index contributed by atoms with van der Waals surface area (Å²) >= 11 is 6.12. The fraction of sp³-hybridized carbons (Fsp3) is 0.0476. The molecule has 2 amide bonds. The average molecular weight is 381 g/mol. The molecule has 3 aromatic rings. The number of carbonyl (C=O) groups is 2. The molecule has 0 saturated carbocycles. The number of hydrogen-bond donors (Lipinski definition) is 2. The van der Waals surface area contributed by atoms with Crippen LogP contribution in [0.3, 0.4) is 0 Å². The fourth-order valence-electron chi connectivity index (χ4n) is 2.37. The van der Waals surface area contributed by atoms with Crippen molar-refractivity contribution in [3.63, 3.8) is 0 Å². The quantitative estimate of drug-likeness (QED) is 0.634. The standard InChI is InChI=1S/C21H17ClN2O3/c22-18-11-5-4-9-16(18)14-23-21(26)19(13-17-10-6-12-27-17)24-20(25)15-7-2-1-3-8-15/h1-13H,14H2,(H,23,26)(H,24,25)/b19-13-. The first kappa shape index (κ1) is 18.5. The molecule has 1 aromatic heterocycles. The van der Waals surface area contributed by atoms with Crippen molar-refractivity contribution in [1.82, 2.24) is 10.6 Å². The molecule has 0 aliphatic rings. The van der Waals surface area contributed by atoms with E-state index in [-0.39, 0.29) is 18.1 Å². The lowest BCUT2D eigenvalue weighted by molar-refractivity contribution is -0.117. The second-order valence-electron chi connectivity index (χ2n) is 5.67. The molecule has 0 atom stereocenters. The van der Waals surface area contributed by atoms with Gasteiger partial charge in [-0.2, -0.15) is 0 Å². The Bertz CT molecular complexity index is 951. The van der Waals surface area contributed by atoms with Crippen molar-refractivity contribution < 1.29 is 14.0 Å². The predicted octanol–water partition coefficient (Wildman–Crippen LogP) is 4.02. The lowest BCUT2D eigenvalue weighted by Crippen LogP contribution is -2.34. The van der Waals surface area contributed by atoms with E-state index < -0.39 is 5.91 Å². The first-order valence-corrected chi connectivity index (χ1v) is 8.64. The molecule has 2 aromatic carbocycles. The van der Waals surface area contributed by atoms with E-state index in [9.17, 15) is 9.59 Å². The first-order valence-electron chi connectivity index (χ1n) is 8.26. The van der Waals surface area contributed by atoms with Crippen LogP contribution >= 0.6 is 11.6 Å². The van der Waals surface area contributed by atoms with Gasteiger partial charge in [-0.25, -0.2) is 0 Å². The van der Waals surface area contributed by atoms with Gasteiger partial charge in [0, 0.05) is 23.2 Å². The lowest BCUT2D eigenvalue weighted by atomic mass is 10.2. The molecule has 0 unspecified atom stereocenters. The second-order valence-corrected chi connectivity index (χ2v) is 6.07. The Balaban J connectivity index is 1.76. The Morgan fingerprint density at radius 2 is 1.70 bits per heavy atom. The van der Waals surface area contributed by atoms with Crippen molar-refractivity contribution in [2.24, 2.45) is 0 Å². The van der Waals surface area contributed by atoms with Gasteiger partial charge in [0.05, 0.1) is 6.26 Å². The molecule has 0 aliphatic carbocycles. The molecule has 6 heteroatoms. The first-order chi connectivity index (χ1) is 13.1. The highest BCUT2D eigenvalue weighted by Crippen LogP contribution is 2.15. The normalized spacial score (nSPS) is 11.1. The van der Waals surface area contributed by atoms with Crippen molar-refractivity contribution >= 4 is 29.5 Å². The number of amides is 2. The molecule has 0 fully saturated rings. The summed E-state index contributed by atoms with van der Waals surface area (Å²) in [6.07, 6.45) is 2.97. The Morgan fingerprint density at radius 1 is 0.963 bits per heavy atom. The summed E-state index contributed by atoms with van der Waals surface area (Å²) in [6, 6.07) is 19.3. The zero-order valence-corrected chi connectivity index (χ0v) is 15.1. The van der Waals surface area contributed by atoms with Crippen molar-refractivity contribution in [2.45, 2.75) is 6.54 Å². The lowest BCUT2D eigenvalue weighted by Gasteiger charge is -2.11. The smallest absolute Gasteiger partial charge is 0.268 e. The maximum atomic E-state index is 12.6. The Kier molecular flexibility index (Phi) is 6.07. The third-order valence-corrected chi connectivity index (χ3v) is 4.12. The zero-order chi connectivity index (χ0) is 19.1. The van der Waals surface area contributed by atoms with Gasteiger partial charge in [-0.3, -0.25) is 9.59 Å². The van der Waals surface area contributed by atoms with Gasteiger partial charge in [0.25, 0.3) is 11.8 Å². The molecule has 27 heavy (non-hydrogen) atoms. The molecule has 0 bridgehead atoms. The summed E-state index contributed by atoms with van der Waals surface area (Å²) in [5.41, 5.74) is 1.30. The summed E-state index contributed by atoms with van der Waals surface area (Å²) in [5.74, 6) is -0.386. The van der Waals surface area contributed by atoms with Crippen LogP contribution < -0.4 is 10.6 Å². The van der Waals surface area contributed by atoms with E-state index in [4.69, 9.17) is 16.0 Å². The van der Waals surface area contributed by atoms with E-state index in [1.165, 1.54) is 12.3 Å². The Morgan fingerprint density at radius 3 is 2.41 bits per heavy atom. The van der Waals surface area contributed by atoms with Gasteiger partial charge in [-0.05, 0) is 35.9 Å². The van der Waals surface area contributed by atoms with Crippen molar-refractivity contribution in [2.75, 3.05) is 0 Å². The maximum absolute atomic E-state index is 12.6. The number of halogens is 1. The monoisotopic (exact) mass is 380 g/mol. The minimum absolute atomic E-state index is 0.0749. The van der Waals surface area contributed by atoms with E-state index in [2.05, 4.69) is 10.6 Å². The molecular weight excluding hydrogens is 364 g/mol. The van der Waals surface area contributed by atoms with Gasteiger partial charge < -0.3 is 15.1 Å². The third kappa shape index (κ3) is 5.09. The van der Waals surface area contributed by atoms with Crippen LogP contribution in [0.4, 0.5) is 0 Å². The van der Waals surface area contributed by atoms with E-state index >= 15 is 0 Å². The van der Waals surface area contributed by atoms with Gasteiger partial charge in [0.1, 0.15) is 11.5 Å². The van der Waals surface area contributed by atoms with Crippen molar-refractivity contribution in [3.05, 3.63) is 101 Å². The molecule has 0 radical (unpaired) electrons. The highest BCUT2D eigenvalue weighted by Gasteiger charge is 2.15. The zero-order valence-electron chi connectivity index (χ0n) is 14.3. The van der Waals surface area contributed by atoms with E-state index in [1.807, 2.05) is 24.3 Å². The second kappa shape index (κ2) is 8.87. The summed E-state index contributed by atoms with van der Waals surface area (Å²) in [5, 5.41) is 5.96. The van der Waals surface area contributed by atoms with Crippen LogP contribution in [0.1, 0.15) is 21.7 Å². The van der Waals surface area contributed by atoms with E-state index in [0.717, 1.165) is 5.56 Å². The summed E-state index contributed by atoms with van der Waals surface area (Å²) in [6.45, 7) is 0.231. The fourth-order valence-corrected chi connectivity index (χ4v) is 2.57. The highest BCUT2D eigenvalue weighted by atomic mass is 35.5. The van der Waals surface area contributed by atoms with E-state index in [0.29, 0.717) is 16.3 Å². The molecule has 136 valence electrons. The molecule has 2 N–H and O–H groups in total. The van der Waals surface area contributed by atoms with Crippen LogP contribution in [0.5, 0.6) is 0 Å². The van der Waals surface area contributed by atoms with Crippen molar-refractivity contribution in [3.8, 4) is 0 Å². The van der Waals surface area contributed by atoms with Gasteiger partial charge in [-0.1, -0.05) is 48.0 Å². The average Bonchev–Trinajstić information content (AvgIpc) is 3.20. The van der Waals surface area contributed by atoms with Gasteiger partial charge in [0.2, 0.25) is 0 Å². The molecular formula is C21H17ClN2O3. The Labute approximate surface area is 161 Å². The van der Waals surface area contributed by atoms with Crippen LogP contribution in [0.25, 0.3) is 6.08 Å². The SMILES string of the molecule is O=C(NCc1ccccc1Cl)/C(=C/c1ccco1)NC(=O)c1ccccc1. The van der Waals surface area contributed by atoms with Crippen molar-refractivity contribution in [1.29, 1.82) is 0 Å². The van der Waals surface area contributed by atoms with Crippen LogP contribution in [-0.2, 0) is 11.3 Å². The third-order valence-electron chi connectivity index (χ3n) is 3.76. The predicted molar refractivity (Wildman–Crippen MR) is 104 cm³/mol. The highest BCUT2D eigenvalue weighted by molar-refractivity contribution is 6.31. The van der Waals surface area contributed by atoms with Crippen LogP contribution in [-0.4, -0.2) is 11.8 Å². The number of hydrogen-bond acceptors (Lipinski definition) is 3. The van der Waals surface area contributed by atoms with Gasteiger partial charge >= 0.3 is 0 Å². The topological polar surface area (TPSA) is 71.3 Å². The number of benzene rings is 2. The van der Waals surface area contributed by atoms with Gasteiger partial charge in [-0.15, -0.1) is 0 Å². The summed E-state index contributed by atoms with van der Waals surface area (Å²) < 4.78 is 5.25. The number of carbonyl (C=O) groups excluding carboxylic acids is 2. The van der Waals surface area contributed by atoms with E-state index in [1.54, 1.807) is 42.5 Å². The number of rotatable bonds is 6. The molecule has 3 rings (SSSR count). The Hall–Kier alpha value is -3.31. The van der Waals surface area contributed by atoms with Gasteiger partial charge in [0.15, 0.2) is 0 Å². The molecule has 0 aliphatic heterocycles.